The average molecular weight is 261 g/mol. The normalized spacial score (nSPS) is 12.7. The van der Waals surface area contributed by atoms with Crippen molar-refractivity contribution < 1.29 is 17.4 Å². The van der Waals surface area contributed by atoms with E-state index in [1.54, 1.807) is 0 Å². The Kier molecular flexibility index (Phi) is 11.0. The predicted molar refractivity (Wildman–Crippen MR) is 64.8 cm³/mol. The van der Waals surface area contributed by atoms with Crippen LogP contribution in [0.5, 0.6) is 0 Å². The molecule has 1 unspecified atom stereocenters. The van der Waals surface area contributed by atoms with Gasteiger partial charge in [0.05, 0.1) is 0 Å². The van der Waals surface area contributed by atoms with Crippen LogP contribution in [-0.4, -0.2) is 55.7 Å². The van der Waals surface area contributed by atoms with Gasteiger partial charge in [0.25, 0.3) is 0 Å². The molecule has 0 rings (SSSR count). The Bertz CT molecular complexity index is 292. The third kappa shape index (κ3) is 7.62. The molecule has 92 valence electrons. The predicted octanol–water partition coefficient (Wildman–Crippen LogP) is 0.138. The molecule has 5 nitrogen and oxygen atoms in total. The van der Waals surface area contributed by atoms with Crippen LogP contribution in [0.15, 0.2) is 0 Å². The van der Waals surface area contributed by atoms with Crippen LogP contribution in [0, 0.1) is 0 Å². The van der Waals surface area contributed by atoms with E-state index in [9.17, 15) is 13.2 Å². The maximum absolute atomic E-state index is 11.3. The fourth-order valence-corrected chi connectivity index (χ4v) is 1.63. The molecule has 0 saturated carbocycles. The zero-order chi connectivity index (χ0) is 11.9. The van der Waals surface area contributed by atoms with Crippen molar-refractivity contribution in [2.45, 2.75) is 44.8 Å². The first-order chi connectivity index (χ1) is 6.94. The Morgan fingerprint density at radius 2 is 1.94 bits per heavy atom. The summed E-state index contributed by atoms with van der Waals surface area (Å²) in [5.74, 6) is -0.691. The van der Waals surface area contributed by atoms with Gasteiger partial charge in [0.1, 0.15) is 5.25 Å². The van der Waals surface area contributed by atoms with E-state index in [4.69, 9.17) is 5.73 Å². The summed E-state index contributed by atoms with van der Waals surface area (Å²) >= 11 is 0. The van der Waals surface area contributed by atoms with Crippen LogP contribution in [0.1, 0.15) is 39.5 Å². The van der Waals surface area contributed by atoms with Crippen molar-refractivity contribution in [3.8, 4) is 0 Å². The van der Waals surface area contributed by atoms with Gasteiger partial charge in [-0.05, 0) is 13.3 Å². The van der Waals surface area contributed by atoms with E-state index in [0.29, 0.717) is 6.42 Å². The van der Waals surface area contributed by atoms with E-state index >= 15 is 0 Å². The summed E-state index contributed by atoms with van der Waals surface area (Å²) in [6.45, 7) is 3.36. The Balaban J connectivity index is 0. The number of rotatable bonds is 7. The van der Waals surface area contributed by atoms with Gasteiger partial charge in [-0.3, -0.25) is 4.79 Å². The van der Waals surface area contributed by atoms with Gasteiger partial charge >= 0.3 is 45.6 Å². The van der Waals surface area contributed by atoms with E-state index in [0.717, 1.165) is 12.8 Å². The average Bonchev–Trinajstić information content (AvgIpc) is 2.16. The first kappa shape index (κ1) is 18.7. The molecular formula is C9H20NNaO4S. The van der Waals surface area contributed by atoms with Crippen LogP contribution in [-0.2, 0) is 19.1 Å². The molecule has 0 radical (unpaired) electrons. The fourth-order valence-electron chi connectivity index (χ4n) is 0.891. The number of nitrogens with two attached hydrogens (primary N) is 1. The summed E-state index contributed by atoms with van der Waals surface area (Å²) in [6, 6.07) is 0. The molecule has 2 N–H and O–H groups in total. The van der Waals surface area contributed by atoms with Gasteiger partial charge in [-0.2, -0.15) is 8.42 Å². The standard InChI is InChI=1S/C9H19NO4S.Na.H/c1-3-4-5-6-9(11)14-15(12,13)8(2)7-10;;/h8H,3-7,10H2,1-2H3;;. The molecule has 0 amide bonds. The first-order valence-electron chi connectivity index (χ1n) is 5.10. The van der Waals surface area contributed by atoms with Gasteiger partial charge in [-0.15, -0.1) is 0 Å². The number of hydrogen-bond donors (Lipinski definition) is 1. The van der Waals surface area contributed by atoms with Crippen molar-refractivity contribution in [2.24, 2.45) is 5.73 Å². The molecule has 0 heterocycles. The Labute approximate surface area is 120 Å². The molecule has 0 aliphatic rings. The second kappa shape index (κ2) is 9.41. The Morgan fingerprint density at radius 1 is 1.38 bits per heavy atom. The summed E-state index contributed by atoms with van der Waals surface area (Å²) in [5.41, 5.74) is 5.19. The molecule has 0 aromatic rings. The molecule has 1 atom stereocenters. The molecular weight excluding hydrogens is 241 g/mol. The zero-order valence-corrected chi connectivity index (χ0v) is 10.0. The van der Waals surface area contributed by atoms with Crippen molar-refractivity contribution in [3.63, 3.8) is 0 Å². The van der Waals surface area contributed by atoms with Crippen LogP contribution in [0.4, 0.5) is 0 Å². The summed E-state index contributed by atoms with van der Waals surface area (Å²) in [6.07, 6.45) is 2.66. The van der Waals surface area contributed by atoms with Crippen LogP contribution in [0.3, 0.4) is 0 Å². The van der Waals surface area contributed by atoms with Gasteiger partial charge < -0.3 is 9.92 Å². The summed E-state index contributed by atoms with van der Waals surface area (Å²) in [5, 5.41) is -0.840. The second-order valence-corrected chi connectivity index (χ2v) is 5.41. The van der Waals surface area contributed by atoms with Crippen LogP contribution in [0.25, 0.3) is 0 Å². The first-order valence-corrected chi connectivity index (χ1v) is 6.57. The van der Waals surface area contributed by atoms with Gasteiger partial charge in [-0.1, -0.05) is 19.8 Å². The number of carbonyl (C=O) groups excluding carboxylic acids is 1. The Hall–Kier alpha value is 0.380. The number of unbranched alkanes of at least 4 members (excludes halogenated alkanes) is 2. The van der Waals surface area contributed by atoms with E-state index in [1.807, 2.05) is 6.92 Å². The van der Waals surface area contributed by atoms with Crippen molar-refractivity contribution >= 4 is 45.6 Å². The molecule has 0 aromatic carbocycles. The Morgan fingerprint density at radius 3 is 2.38 bits per heavy atom. The molecule has 0 aromatic heterocycles. The SMILES string of the molecule is CCCCCC(=O)OS(=O)(=O)C(C)CN.[NaH]. The molecule has 16 heavy (non-hydrogen) atoms. The summed E-state index contributed by atoms with van der Waals surface area (Å²) in [7, 11) is -3.82. The fraction of sp³-hybridized carbons (Fsp3) is 0.889. The second-order valence-electron chi connectivity index (χ2n) is 3.45. The van der Waals surface area contributed by atoms with Crippen molar-refractivity contribution in [3.05, 3.63) is 0 Å². The zero-order valence-electron chi connectivity index (χ0n) is 9.23. The van der Waals surface area contributed by atoms with E-state index in [1.165, 1.54) is 6.92 Å². The summed E-state index contributed by atoms with van der Waals surface area (Å²) in [4.78, 5) is 11.1. The van der Waals surface area contributed by atoms with Crippen molar-refractivity contribution in [1.29, 1.82) is 0 Å². The third-order valence-corrected chi connectivity index (χ3v) is 3.61. The van der Waals surface area contributed by atoms with Gasteiger partial charge in [-0.25, -0.2) is 0 Å². The van der Waals surface area contributed by atoms with Gasteiger partial charge in [0.15, 0.2) is 0 Å². The number of carbonyl (C=O) groups is 1. The van der Waals surface area contributed by atoms with Crippen LogP contribution < -0.4 is 5.73 Å². The molecule has 0 aliphatic heterocycles. The monoisotopic (exact) mass is 261 g/mol. The van der Waals surface area contributed by atoms with Crippen LogP contribution >= 0.6 is 0 Å². The quantitative estimate of drug-likeness (QED) is 0.400. The molecule has 0 fully saturated rings. The molecule has 0 saturated heterocycles. The minimum absolute atomic E-state index is 0. The molecule has 0 spiro atoms. The van der Waals surface area contributed by atoms with E-state index < -0.39 is 21.3 Å². The summed E-state index contributed by atoms with van der Waals surface area (Å²) < 4.78 is 27.0. The van der Waals surface area contributed by atoms with E-state index in [-0.39, 0.29) is 42.5 Å². The number of hydrogen-bond acceptors (Lipinski definition) is 5. The topological polar surface area (TPSA) is 86.5 Å². The van der Waals surface area contributed by atoms with E-state index in [2.05, 4.69) is 4.18 Å². The van der Waals surface area contributed by atoms with Gasteiger partial charge in [0, 0.05) is 13.0 Å². The van der Waals surface area contributed by atoms with Gasteiger partial charge in [0.2, 0.25) is 0 Å². The minimum atomic E-state index is -3.82. The maximum atomic E-state index is 11.3. The molecule has 0 bridgehead atoms. The van der Waals surface area contributed by atoms with Crippen molar-refractivity contribution in [1.82, 2.24) is 0 Å². The molecule has 7 heteroatoms. The van der Waals surface area contributed by atoms with Crippen LogP contribution in [0.2, 0.25) is 0 Å². The third-order valence-electron chi connectivity index (χ3n) is 2.02. The molecule has 0 aliphatic carbocycles. The van der Waals surface area contributed by atoms with Crippen molar-refractivity contribution in [2.75, 3.05) is 6.54 Å².